The van der Waals surface area contributed by atoms with E-state index in [1.54, 1.807) is 11.1 Å². The third kappa shape index (κ3) is 8.80. The summed E-state index contributed by atoms with van der Waals surface area (Å²) in [7, 11) is 0. The van der Waals surface area contributed by atoms with Gasteiger partial charge in [0.1, 0.15) is 0 Å². The molecule has 0 nitrogen and oxygen atoms in total. The maximum absolute atomic E-state index is 2.52. The molecule has 28 heavy (non-hydrogen) atoms. The van der Waals surface area contributed by atoms with Crippen molar-refractivity contribution in [2.75, 3.05) is 0 Å². The van der Waals surface area contributed by atoms with Crippen molar-refractivity contribution < 1.29 is 0 Å². The highest BCUT2D eigenvalue weighted by atomic mass is 14.1. The van der Waals surface area contributed by atoms with Crippen LogP contribution in [0.1, 0.15) is 115 Å². The number of unbranched alkanes of at least 4 members (excludes halogenated alkanes) is 12. The van der Waals surface area contributed by atoms with Gasteiger partial charge in [0, 0.05) is 0 Å². The highest BCUT2D eigenvalue weighted by molar-refractivity contribution is 5.86. The molecule has 0 saturated carbocycles. The molecular weight excluding hydrogens is 336 g/mol. The van der Waals surface area contributed by atoms with Gasteiger partial charge in [0.25, 0.3) is 0 Å². The number of hydrogen-bond acceptors (Lipinski definition) is 0. The second-order valence-corrected chi connectivity index (χ2v) is 8.72. The fraction of sp³-hybridized carbons (Fsp3) is 0.643. The molecule has 2 aromatic carbocycles. The molecule has 0 saturated heterocycles. The normalized spacial score (nSPS) is 11.4. The lowest BCUT2D eigenvalue weighted by molar-refractivity contribution is 0.587. The van der Waals surface area contributed by atoms with Gasteiger partial charge in [0.15, 0.2) is 0 Å². The Morgan fingerprint density at radius 1 is 0.536 bits per heavy atom. The second-order valence-electron chi connectivity index (χ2n) is 8.72. The third-order valence-corrected chi connectivity index (χ3v) is 6.13. The van der Waals surface area contributed by atoms with Gasteiger partial charge in [-0.2, -0.15) is 0 Å². The predicted octanol–water partition coefficient (Wildman–Crippen LogP) is 9.43. The van der Waals surface area contributed by atoms with E-state index in [1.165, 1.54) is 114 Å². The molecule has 0 fully saturated rings. The molecule has 0 spiro atoms. The molecule has 0 heterocycles. The maximum Gasteiger partial charge on any atom is -0.0152 e. The van der Waals surface area contributed by atoms with Crippen LogP contribution in [0, 0.1) is 0 Å². The van der Waals surface area contributed by atoms with Crippen molar-refractivity contribution in [2.24, 2.45) is 0 Å². The summed E-state index contributed by atoms with van der Waals surface area (Å²) in [6, 6.07) is 14.0. The van der Waals surface area contributed by atoms with Gasteiger partial charge < -0.3 is 0 Å². The van der Waals surface area contributed by atoms with Crippen LogP contribution in [-0.2, 0) is 12.8 Å². The molecule has 0 aromatic heterocycles. The zero-order valence-corrected chi connectivity index (χ0v) is 18.8. The monoisotopic (exact) mass is 380 g/mol. The summed E-state index contributed by atoms with van der Waals surface area (Å²) in [5.74, 6) is 0. The molecular formula is C28H44. The Balaban J connectivity index is 1.82. The van der Waals surface area contributed by atoms with Crippen molar-refractivity contribution in [3.8, 4) is 0 Å². The fourth-order valence-electron chi connectivity index (χ4n) is 4.37. The number of rotatable bonds is 16. The first-order valence-electron chi connectivity index (χ1n) is 12.4. The molecule has 0 aliphatic heterocycles. The zero-order valence-electron chi connectivity index (χ0n) is 18.8. The Morgan fingerprint density at radius 3 is 1.71 bits per heavy atom. The van der Waals surface area contributed by atoms with Crippen LogP contribution >= 0.6 is 0 Å². The molecule has 0 atom stereocenters. The minimum absolute atomic E-state index is 1.25. The summed E-state index contributed by atoms with van der Waals surface area (Å²) in [5.41, 5.74) is 3.15. The lowest BCUT2D eigenvalue weighted by Gasteiger charge is -2.11. The first kappa shape index (κ1) is 23.0. The van der Waals surface area contributed by atoms with E-state index in [0.717, 1.165) is 0 Å². The van der Waals surface area contributed by atoms with Crippen molar-refractivity contribution in [1.29, 1.82) is 0 Å². The van der Waals surface area contributed by atoms with Crippen LogP contribution < -0.4 is 0 Å². The van der Waals surface area contributed by atoms with Crippen molar-refractivity contribution in [3.05, 3.63) is 47.5 Å². The molecule has 0 radical (unpaired) electrons. The predicted molar refractivity (Wildman–Crippen MR) is 127 cm³/mol. The summed E-state index contributed by atoms with van der Waals surface area (Å²) in [4.78, 5) is 0. The minimum Gasteiger partial charge on any atom is -0.0654 e. The Bertz CT molecular complexity index is 640. The van der Waals surface area contributed by atoms with Crippen molar-refractivity contribution in [1.82, 2.24) is 0 Å². The molecule has 0 bridgehead atoms. The molecule has 2 rings (SSSR count). The van der Waals surface area contributed by atoms with E-state index < -0.39 is 0 Å². The van der Waals surface area contributed by atoms with E-state index in [1.807, 2.05) is 0 Å². The van der Waals surface area contributed by atoms with E-state index in [0.29, 0.717) is 0 Å². The highest BCUT2D eigenvalue weighted by Crippen LogP contribution is 2.24. The molecule has 2 aromatic rings. The van der Waals surface area contributed by atoms with Gasteiger partial charge in [0.05, 0.1) is 0 Å². The summed E-state index contributed by atoms with van der Waals surface area (Å²) >= 11 is 0. The molecule has 0 aliphatic carbocycles. The summed E-state index contributed by atoms with van der Waals surface area (Å²) in [5, 5.41) is 2.93. The lowest BCUT2D eigenvalue weighted by atomic mass is 9.94. The number of aryl methyl sites for hydroxylation is 2. The van der Waals surface area contributed by atoms with Crippen molar-refractivity contribution in [2.45, 2.75) is 117 Å². The van der Waals surface area contributed by atoms with E-state index >= 15 is 0 Å². The van der Waals surface area contributed by atoms with Crippen molar-refractivity contribution >= 4 is 10.8 Å². The van der Waals surface area contributed by atoms with Crippen LogP contribution in [0.2, 0.25) is 0 Å². The second kappa shape index (κ2) is 14.7. The smallest absolute Gasteiger partial charge is 0.0152 e. The number of benzene rings is 2. The average molecular weight is 381 g/mol. The van der Waals surface area contributed by atoms with E-state index in [-0.39, 0.29) is 0 Å². The molecule has 0 heteroatoms. The van der Waals surface area contributed by atoms with E-state index in [2.05, 4.69) is 50.2 Å². The van der Waals surface area contributed by atoms with Crippen LogP contribution in [0.15, 0.2) is 36.4 Å². The van der Waals surface area contributed by atoms with Gasteiger partial charge in [-0.05, 0) is 47.6 Å². The summed E-state index contributed by atoms with van der Waals surface area (Å²) < 4.78 is 0. The maximum atomic E-state index is 2.52. The van der Waals surface area contributed by atoms with Gasteiger partial charge in [0.2, 0.25) is 0 Å². The Labute approximate surface area is 175 Å². The Morgan fingerprint density at radius 2 is 1.07 bits per heavy atom. The van der Waals surface area contributed by atoms with Crippen molar-refractivity contribution in [3.63, 3.8) is 0 Å². The molecule has 0 aliphatic rings. The SMILES string of the molecule is CCCCCCCCCc1cc(CCCCCCCCC)c2ccccc2c1. The van der Waals surface area contributed by atoms with E-state index in [9.17, 15) is 0 Å². The summed E-state index contributed by atoms with van der Waals surface area (Å²) in [6.07, 6.45) is 22.0. The molecule has 0 unspecified atom stereocenters. The Hall–Kier alpha value is -1.30. The fourth-order valence-corrected chi connectivity index (χ4v) is 4.37. The van der Waals surface area contributed by atoms with Gasteiger partial charge in [-0.3, -0.25) is 0 Å². The molecule has 0 N–H and O–H groups in total. The van der Waals surface area contributed by atoms with Gasteiger partial charge in [-0.1, -0.05) is 127 Å². The quantitative estimate of drug-likeness (QED) is 0.254. The first-order valence-corrected chi connectivity index (χ1v) is 12.4. The topological polar surface area (TPSA) is 0 Å². The minimum atomic E-state index is 1.25. The van der Waals surface area contributed by atoms with Crippen LogP contribution in [0.3, 0.4) is 0 Å². The third-order valence-electron chi connectivity index (χ3n) is 6.13. The molecule has 156 valence electrons. The van der Waals surface area contributed by atoms with Gasteiger partial charge in [-0.15, -0.1) is 0 Å². The van der Waals surface area contributed by atoms with Crippen LogP contribution in [0.4, 0.5) is 0 Å². The summed E-state index contributed by atoms with van der Waals surface area (Å²) in [6.45, 7) is 4.59. The molecule has 0 amide bonds. The average Bonchev–Trinajstić information content (AvgIpc) is 2.72. The van der Waals surface area contributed by atoms with Crippen LogP contribution in [0.5, 0.6) is 0 Å². The standard InChI is InChI=1S/C28H44/c1-3-5-7-9-11-13-15-19-25-23-26(20-16-14-12-10-8-6-4-2)28-22-18-17-21-27(28)24-25/h17-18,21-24H,3-16,19-20H2,1-2H3. The largest absolute Gasteiger partial charge is 0.0654 e. The first-order chi connectivity index (χ1) is 13.8. The zero-order chi connectivity index (χ0) is 19.9. The van der Waals surface area contributed by atoms with Gasteiger partial charge >= 0.3 is 0 Å². The van der Waals surface area contributed by atoms with Gasteiger partial charge in [-0.25, -0.2) is 0 Å². The lowest BCUT2D eigenvalue weighted by Crippen LogP contribution is -1.94. The van der Waals surface area contributed by atoms with E-state index in [4.69, 9.17) is 0 Å². The van der Waals surface area contributed by atoms with Crippen LogP contribution in [-0.4, -0.2) is 0 Å². The highest BCUT2D eigenvalue weighted by Gasteiger charge is 2.05. The number of hydrogen-bond donors (Lipinski definition) is 0. The number of fused-ring (bicyclic) bond motifs is 1. The Kier molecular flexibility index (Phi) is 12.0. The van der Waals surface area contributed by atoms with Crippen LogP contribution in [0.25, 0.3) is 10.8 Å².